The summed E-state index contributed by atoms with van der Waals surface area (Å²) in [6, 6.07) is 11.2. The van der Waals surface area contributed by atoms with E-state index in [1.807, 2.05) is 35.2 Å². The number of hydrogen-bond donors (Lipinski definition) is 1. The second kappa shape index (κ2) is 9.54. The fraction of sp³-hybridized carbons (Fsp3) is 0.435. The molecule has 0 radical (unpaired) electrons. The number of carbonyl (C=O) groups excluding carboxylic acids is 2. The van der Waals surface area contributed by atoms with Crippen LogP contribution in [0, 0.1) is 5.92 Å². The number of aromatic nitrogens is 1. The molecule has 0 unspecified atom stereocenters. The van der Waals surface area contributed by atoms with Gasteiger partial charge in [0.25, 0.3) is 5.91 Å². The van der Waals surface area contributed by atoms with Gasteiger partial charge >= 0.3 is 0 Å². The molecule has 1 aromatic heterocycles. The third kappa shape index (κ3) is 5.34. The predicted octanol–water partition coefficient (Wildman–Crippen LogP) is 3.03. The quantitative estimate of drug-likeness (QED) is 0.782. The standard InChI is InChI=1S/C23H29N3O3/c1-16(2)14-25-23(28)20-8-5-10-24-22(20)18-9-11-26(15-18)21(27)13-17-6-4-7-19(12-17)29-3/h4-8,10,12,16,18H,9,11,13-15H2,1-3H3,(H,25,28)/t18-/m1/s1. The normalized spacial score (nSPS) is 16.1. The minimum Gasteiger partial charge on any atom is -0.497 e. The third-order valence-electron chi connectivity index (χ3n) is 5.17. The molecular formula is C23H29N3O3. The van der Waals surface area contributed by atoms with Crippen molar-refractivity contribution in [2.75, 3.05) is 26.7 Å². The zero-order chi connectivity index (χ0) is 20.8. The molecule has 6 nitrogen and oxygen atoms in total. The number of likely N-dealkylation sites (tertiary alicyclic amines) is 1. The van der Waals surface area contributed by atoms with Crippen molar-refractivity contribution in [2.45, 2.75) is 32.6 Å². The Morgan fingerprint density at radius 2 is 2.10 bits per heavy atom. The van der Waals surface area contributed by atoms with E-state index in [9.17, 15) is 9.59 Å². The van der Waals surface area contributed by atoms with E-state index in [-0.39, 0.29) is 17.7 Å². The maximum atomic E-state index is 12.8. The van der Waals surface area contributed by atoms with Gasteiger partial charge in [-0.05, 0) is 42.2 Å². The zero-order valence-corrected chi connectivity index (χ0v) is 17.4. The van der Waals surface area contributed by atoms with Crippen LogP contribution in [0.5, 0.6) is 5.75 Å². The molecule has 0 spiro atoms. The first kappa shape index (κ1) is 20.8. The highest BCUT2D eigenvalue weighted by atomic mass is 16.5. The molecule has 0 aliphatic carbocycles. The number of pyridine rings is 1. The molecule has 1 aliphatic rings. The highest BCUT2D eigenvalue weighted by Gasteiger charge is 2.30. The Kier molecular flexibility index (Phi) is 6.86. The summed E-state index contributed by atoms with van der Waals surface area (Å²) in [5.74, 6) is 1.20. The van der Waals surface area contributed by atoms with Crippen molar-refractivity contribution in [1.82, 2.24) is 15.2 Å². The molecule has 0 bridgehead atoms. The van der Waals surface area contributed by atoms with Crippen molar-refractivity contribution in [3.8, 4) is 5.75 Å². The summed E-state index contributed by atoms with van der Waals surface area (Å²) in [5, 5.41) is 2.97. The molecule has 1 saturated heterocycles. The summed E-state index contributed by atoms with van der Waals surface area (Å²) in [5.41, 5.74) is 2.33. The average Bonchev–Trinajstić information content (AvgIpc) is 3.22. The van der Waals surface area contributed by atoms with Gasteiger partial charge < -0.3 is 15.0 Å². The summed E-state index contributed by atoms with van der Waals surface area (Å²) in [7, 11) is 1.62. The maximum Gasteiger partial charge on any atom is 0.253 e. The van der Waals surface area contributed by atoms with Crippen molar-refractivity contribution in [3.05, 3.63) is 59.4 Å². The number of methoxy groups -OCH3 is 1. The van der Waals surface area contributed by atoms with Crippen molar-refractivity contribution in [3.63, 3.8) is 0 Å². The minimum absolute atomic E-state index is 0.0743. The number of ether oxygens (including phenoxy) is 1. The van der Waals surface area contributed by atoms with Crippen LogP contribution in [0.2, 0.25) is 0 Å². The smallest absolute Gasteiger partial charge is 0.253 e. The molecule has 3 rings (SSSR count). The number of nitrogens with zero attached hydrogens (tertiary/aromatic N) is 2. The van der Waals surface area contributed by atoms with Gasteiger partial charge in [0.2, 0.25) is 5.91 Å². The van der Waals surface area contributed by atoms with Crippen LogP contribution in [-0.4, -0.2) is 48.4 Å². The SMILES string of the molecule is COc1cccc(CC(=O)N2CC[C@@H](c3ncccc3C(=O)NCC(C)C)C2)c1. The highest BCUT2D eigenvalue weighted by molar-refractivity contribution is 5.95. The molecule has 2 amide bonds. The van der Waals surface area contributed by atoms with Crippen LogP contribution in [0.25, 0.3) is 0 Å². The van der Waals surface area contributed by atoms with E-state index in [0.29, 0.717) is 37.5 Å². The lowest BCUT2D eigenvalue weighted by molar-refractivity contribution is -0.129. The molecule has 2 aromatic rings. The first-order valence-corrected chi connectivity index (χ1v) is 10.1. The Bertz CT molecular complexity index is 866. The van der Waals surface area contributed by atoms with Crippen LogP contribution in [0.3, 0.4) is 0 Å². The Labute approximate surface area is 172 Å². The van der Waals surface area contributed by atoms with Crippen LogP contribution >= 0.6 is 0 Å². The highest BCUT2D eigenvalue weighted by Crippen LogP contribution is 2.28. The van der Waals surface area contributed by atoms with E-state index in [1.165, 1.54) is 0 Å². The van der Waals surface area contributed by atoms with Gasteiger partial charge in [-0.3, -0.25) is 14.6 Å². The van der Waals surface area contributed by atoms with Crippen molar-refractivity contribution in [2.24, 2.45) is 5.92 Å². The Morgan fingerprint density at radius 1 is 1.28 bits per heavy atom. The second-order valence-electron chi connectivity index (χ2n) is 7.89. The third-order valence-corrected chi connectivity index (χ3v) is 5.17. The molecule has 1 N–H and O–H groups in total. The van der Waals surface area contributed by atoms with Gasteiger partial charge in [0.15, 0.2) is 0 Å². The lowest BCUT2D eigenvalue weighted by Crippen LogP contribution is -2.31. The van der Waals surface area contributed by atoms with Crippen molar-refractivity contribution < 1.29 is 14.3 Å². The molecule has 0 saturated carbocycles. The number of rotatable bonds is 7. The summed E-state index contributed by atoms with van der Waals surface area (Å²) >= 11 is 0. The molecule has 1 aliphatic heterocycles. The molecule has 154 valence electrons. The van der Waals surface area contributed by atoms with Gasteiger partial charge in [-0.25, -0.2) is 0 Å². The molecule has 1 atom stereocenters. The fourth-order valence-corrected chi connectivity index (χ4v) is 3.61. The summed E-state index contributed by atoms with van der Waals surface area (Å²) in [6.45, 7) is 6.02. The van der Waals surface area contributed by atoms with Crippen LogP contribution in [-0.2, 0) is 11.2 Å². The number of amides is 2. The molecule has 1 fully saturated rings. The Morgan fingerprint density at radius 3 is 2.86 bits per heavy atom. The van der Waals surface area contributed by atoms with E-state index >= 15 is 0 Å². The predicted molar refractivity (Wildman–Crippen MR) is 112 cm³/mol. The first-order chi connectivity index (χ1) is 14.0. The molecule has 29 heavy (non-hydrogen) atoms. The molecule has 2 heterocycles. The van der Waals surface area contributed by atoms with Gasteiger partial charge in [-0.1, -0.05) is 26.0 Å². The second-order valence-corrected chi connectivity index (χ2v) is 7.89. The number of carbonyl (C=O) groups is 2. The average molecular weight is 396 g/mol. The largest absolute Gasteiger partial charge is 0.497 e. The monoisotopic (exact) mass is 395 g/mol. The van der Waals surface area contributed by atoms with Crippen molar-refractivity contribution in [1.29, 1.82) is 0 Å². The van der Waals surface area contributed by atoms with Gasteiger partial charge in [0.1, 0.15) is 5.75 Å². The summed E-state index contributed by atoms with van der Waals surface area (Å²) in [6.07, 6.45) is 2.87. The van der Waals surface area contributed by atoms with Gasteiger partial charge in [0.05, 0.1) is 24.8 Å². The van der Waals surface area contributed by atoms with Gasteiger partial charge in [-0.2, -0.15) is 0 Å². The lowest BCUT2D eigenvalue weighted by atomic mass is 9.98. The van der Waals surface area contributed by atoms with Crippen LogP contribution in [0.1, 0.15) is 47.8 Å². The minimum atomic E-state index is -0.0945. The lowest BCUT2D eigenvalue weighted by Gasteiger charge is -2.18. The van der Waals surface area contributed by atoms with Crippen LogP contribution in [0.4, 0.5) is 0 Å². The topological polar surface area (TPSA) is 71.5 Å². The number of hydrogen-bond acceptors (Lipinski definition) is 4. The van der Waals surface area contributed by atoms with E-state index in [0.717, 1.165) is 23.4 Å². The van der Waals surface area contributed by atoms with Crippen molar-refractivity contribution >= 4 is 11.8 Å². The van der Waals surface area contributed by atoms with Crippen LogP contribution < -0.4 is 10.1 Å². The van der Waals surface area contributed by atoms with E-state index in [1.54, 1.807) is 19.4 Å². The zero-order valence-electron chi connectivity index (χ0n) is 17.4. The summed E-state index contributed by atoms with van der Waals surface area (Å²) in [4.78, 5) is 31.7. The molecule has 6 heteroatoms. The number of nitrogens with one attached hydrogen (secondary N) is 1. The van der Waals surface area contributed by atoms with E-state index in [4.69, 9.17) is 4.74 Å². The molecule has 1 aromatic carbocycles. The Hall–Kier alpha value is -2.89. The van der Waals surface area contributed by atoms with E-state index < -0.39 is 0 Å². The number of benzene rings is 1. The first-order valence-electron chi connectivity index (χ1n) is 10.1. The van der Waals surface area contributed by atoms with Crippen LogP contribution in [0.15, 0.2) is 42.6 Å². The Balaban J connectivity index is 1.66. The fourth-order valence-electron chi connectivity index (χ4n) is 3.61. The van der Waals surface area contributed by atoms with E-state index in [2.05, 4.69) is 24.1 Å². The maximum absolute atomic E-state index is 12.8. The van der Waals surface area contributed by atoms with Gasteiger partial charge in [0, 0.05) is 31.7 Å². The summed E-state index contributed by atoms with van der Waals surface area (Å²) < 4.78 is 5.24. The molecular weight excluding hydrogens is 366 g/mol. The van der Waals surface area contributed by atoms with Gasteiger partial charge in [-0.15, -0.1) is 0 Å².